The molecule has 0 saturated carbocycles. The van der Waals surface area contributed by atoms with E-state index in [1.807, 2.05) is 36.7 Å². The molecular weight excluding hydrogens is 536 g/mol. The van der Waals surface area contributed by atoms with Gasteiger partial charge in [0.15, 0.2) is 0 Å². The van der Waals surface area contributed by atoms with Crippen LogP contribution in [-0.2, 0) is 21.1 Å². The summed E-state index contributed by atoms with van der Waals surface area (Å²) in [6.45, 7) is 3.96. The van der Waals surface area contributed by atoms with Crippen molar-refractivity contribution in [1.29, 1.82) is 0 Å². The normalized spacial score (nSPS) is 12.3. The molecule has 9 heteroatoms. The number of nitrogens with zero attached hydrogens (tertiary/aromatic N) is 5. The van der Waals surface area contributed by atoms with Gasteiger partial charge in [-0.25, -0.2) is 19.7 Å². The summed E-state index contributed by atoms with van der Waals surface area (Å²) in [5.74, 6) is 0.983. The Bertz CT molecular complexity index is 886. The molecule has 0 unspecified atom stereocenters. The maximum absolute atomic E-state index is 10.1. The van der Waals surface area contributed by atoms with Crippen LogP contribution < -0.4 is 9.62 Å². The molecule has 0 spiro atoms. The van der Waals surface area contributed by atoms with Gasteiger partial charge in [0.05, 0.1) is 0 Å². The van der Waals surface area contributed by atoms with Crippen LogP contribution in [0.25, 0.3) is 0 Å². The van der Waals surface area contributed by atoms with Crippen LogP contribution in [0.5, 0.6) is 0 Å². The fourth-order valence-corrected chi connectivity index (χ4v) is 2.54. The zero-order valence-corrected chi connectivity index (χ0v) is 17.5. The average molecular weight is 555 g/mol. The molecule has 0 atom stereocenters. The molecule has 1 saturated heterocycles. The monoisotopic (exact) mass is 555 g/mol. The second-order valence-corrected chi connectivity index (χ2v) is 5.90. The van der Waals surface area contributed by atoms with Crippen LogP contribution in [0.3, 0.4) is 0 Å². The van der Waals surface area contributed by atoms with Gasteiger partial charge < -0.3 is 14.7 Å². The third-order valence-electron chi connectivity index (χ3n) is 3.88. The summed E-state index contributed by atoms with van der Waals surface area (Å²) in [6.07, 6.45) is 5.11. The van der Waals surface area contributed by atoms with Gasteiger partial charge in [0.25, 0.3) is 0 Å². The molecule has 1 aliphatic heterocycles. The minimum Gasteiger partial charge on any atom is -0.477 e. The number of hydrogen-bond donors (Lipinski definition) is 1. The van der Waals surface area contributed by atoms with E-state index in [-0.39, 0.29) is 26.8 Å². The number of hydrogen-bond acceptors (Lipinski definition) is 6. The van der Waals surface area contributed by atoms with E-state index in [0.717, 1.165) is 24.7 Å². The Balaban J connectivity index is 0.000000239. The first-order valence-corrected chi connectivity index (χ1v) is 8.50. The third-order valence-corrected chi connectivity index (χ3v) is 3.88. The second kappa shape index (κ2) is 10.6. The molecule has 3 aromatic heterocycles. The summed E-state index contributed by atoms with van der Waals surface area (Å²) in [7, 11) is 2.07. The number of carbonyl (C=O) groups is 1. The minimum absolute atomic E-state index is 0. The second-order valence-electron chi connectivity index (χ2n) is 5.90. The molecule has 1 N–H and O–H groups in total. The Labute approximate surface area is 179 Å². The molecule has 7 nitrogen and oxygen atoms in total. The van der Waals surface area contributed by atoms with Crippen molar-refractivity contribution in [3.63, 3.8) is 0 Å². The summed E-state index contributed by atoms with van der Waals surface area (Å²) >= 11 is 0. The summed E-state index contributed by atoms with van der Waals surface area (Å²) in [6, 6.07) is 14.8. The van der Waals surface area contributed by atoms with Gasteiger partial charge in [0.2, 0.25) is 0 Å². The smallest absolute Gasteiger partial charge is 0.394 e. The maximum Gasteiger partial charge on any atom is 0.394 e. The first kappa shape index (κ1) is 21.6. The summed E-state index contributed by atoms with van der Waals surface area (Å²) in [4.78, 5) is 26.8. The number of anilines is 2. The van der Waals surface area contributed by atoms with Crippen molar-refractivity contribution in [2.24, 2.45) is 0 Å². The van der Waals surface area contributed by atoms with Gasteiger partial charge in [0.1, 0.15) is 17.3 Å². The molecule has 0 amide bonds. The molecule has 1 fully saturated rings. The van der Waals surface area contributed by atoms with E-state index in [4.69, 9.17) is 5.11 Å². The first-order chi connectivity index (χ1) is 13.1. The molecule has 0 aromatic carbocycles. The summed E-state index contributed by atoms with van der Waals surface area (Å²) in [5.41, 5.74) is 1.31. The van der Waals surface area contributed by atoms with E-state index in [9.17, 15) is 4.79 Å². The van der Waals surface area contributed by atoms with Crippen LogP contribution in [-0.4, -0.2) is 46.7 Å². The van der Waals surface area contributed by atoms with Crippen LogP contribution in [0.2, 0.25) is 0 Å². The number of carboxylic acids is 1. The molecule has 4 rings (SSSR count). The number of aryl methyl sites for hydroxylation is 1. The van der Waals surface area contributed by atoms with E-state index >= 15 is 0 Å². The Morgan fingerprint density at radius 1 is 0.929 bits per heavy atom. The molecule has 3 aromatic rings. The number of carboxylic acid groups (broad SMARTS) is 1. The fourth-order valence-electron chi connectivity index (χ4n) is 2.54. The predicted molar refractivity (Wildman–Crippen MR) is 105 cm³/mol. The quantitative estimate of drug-likeness (QED) is 0.498. The van der Waals surface area contributed by atoms with E-state index in [0.29, 0.717) is 0 Å². The third kappa shape index (κ3) is 5.89. The SMILES string of the molecule is Cc1ccnc(N2[B]N(c3ccccn3)CC2)c1.O=C(O)c1ccccn1.[Pt]. The Morgan fingerprint density at radius 3 is 2.11 bits per heavy atom. The van der Waals surface area contributed by atoms with Gasteiger partial charge in [-0.15, -0.1) is 0 Å². The van der Waals surface area contributed by atoms with Crippen LogP contribution in [0, 0.1) is 6.92 Å². The largest absolute Gasteiger partial charge is 0.477 e. The van der Waals surface area contributed by atoms with Crippen molar-refractivity contribution < 1.29 is 31.0 Å². The molecule has 0 aliphatic carbocycles. The molecule has 1 aliphatic rings. The summed E-state index contributed by atoms with van der Waals surface area (Å²) in [5, 5.41) is 8.32. The van der Waals surface area contributed by atoms with Crippen LogP contribution >= 0.6 is 0 Å². The number of aromatic nitrogens is 3. The van der Waals surface area contributed by atoms with Gasteiger partial charge in [-0.1, -0.05) is 12.1 Å². The van der Waals surface area contributed by atoms with E-state index in [2.05, 4.69) is 45.1 Å². The Morgan fingerprint density at radius 2 is 1.57 bits per heavy atom. The van der Waals surface area contributed by atoms with Crippen LogP contribution in [0.4, 0.5) is 11.6 Å². The van der Waals surface area contributed by atoms with Gasteiger partial charge >= 0.3 is 13.5 Å². The van der Waals surface area contributed by atoms with Crippen molar-refractivity contribution in [3.8, 4) is 0 Å². The number of pyridine rings is 3. The number of rotatable bonds is 3. The topological polar surface area (TPSA) is 82.5 Å². The Hall–Kier alpha value is -2.73. The van der Waals surface area contributed by atoms with Crippen molar-refractivity contribution in [2.75, 3.05) is 22.7 Å². The van der Waals surface area contributed by atoms with Gasteiger partial charge in [-0.05, 0) is 48.9 Å². The van der Waals surface area contributed by atoms with E-state index in [1.165, 1.54) is 17.8 Å². The molecule has 0 bridgehead atoms. The average Bonchev–Trinajstić information content (AvgIpc) is 3.20. The molecule has 28 heavy (non-hydrogen) atoms. The molecular formula is C19H19BN5O2Pt. The van der Waals surface area contributed by atoms with Crippen LogP contribution in [0.1, 0.15) is 16.1 Å². The first-order valence-electron chi connectivity index (χ1n) is 8.50. The van der Waals surface area contributed by atoms with E-state index < -0.39 is 5.97 Å². The van der Waals surface area contributed by atoms with Crippen molar-refractivity contribution in [1.82, 2.24) is 15.0 Å². The molecule has 1 radical (unpaired) electrons. The number of aromatic carboxylic acids is 1. The van der Waals surface area contributed by atoms with Crippen molar-refractivity contribution in [3.05, 3.63) is 78.4 Å². The fraction of sp³-hybridized carbons (Fsp3) is 0.158. The van der Waals surface area contributed by atoms with Crippen molar-refractivity contribution >= 4 is 25.2 Å². The minimum atomic E-state index is -0.990. The zero-order chi connectivity index (χ0) is 19.1. The van der Waals surface area contributed by atoms with Crippen molar-refractivity contribution in [2.45, 2.75) is 6.92 Å². The van der Waals surface area contributed by atoms with Gasteiger partial charge in [0, 0.05) is 52.7 Å². The van der Waals surface area contributed by atoms with Crippen LogP contribution in [0.15, 0.2) is 67.1 Å². The van der Waals surface area contributed by atoms with Gasteiger partial charge in [-0.3, -0.25) is 0 Å². The zero-order valence-electron chi connectivity index (χ0n) is 15.3. The van der Waals surface area contributed by atoms with Gasteiger partial charge in [-0.2, -0.15) is 0 Å². The molecule has 145 valence electrons. The standard InChI is InChI=1S/C13H14BN4.C6H5NO2.Pt/c1-11-5-7-16-13(10-11)18-9-8-17(14-18)12-4-2-3-6-15-12;8-6(9)5-3-1-2-4-7-5;/h2-7,10H,8-9H2,1H3;1-4H,(H,8,9);. The van der Waals surface area contributed by atoms with E-state index in [1.54, 1.807) is 12.1 Å². The Kier molecular flexibility index (Phi) is 8.14. The predicted octanol–water partition coefficient (Wildman–Crippen LogP) is 2.42. The maximum atomic E-state index is 10.1. The summed E-state index contributed by atoms with van der Waals surface area (Å²) < 4.78 is 0. The molecule has 4 heterocycles.